The van der Waals surface area contributed by atoms with Gasteiger partial charge in [-0.2, -0.15) is 10.5 Å². The van der Waals surface area contributed by atoms with Crippen LogP contribution in [0.15, 0.2) is 66.7 Å². The molecule has 0 heterocycles. The zero-order chi connectivity index (χ0) is 21.5. The van der Waals surface area contributed by atoms with E-state index in [-0.39, 0.29) is 17.0 Å². The molecule has 0 unspecified atom stereocenters. The van der Waals surface area contributed by atoms with E-state index < -0.39 is 0 Å². The molecule has 0 saturated heterocycles. The van der Waals surface area contributed by atoms with Gasteiger partial charge in [-0.1, -0.05) is 36.4 Å². The summed E-state index contributed by atoms with van der Waals surface area (Å²) in [5.74, 6) is 0.772. The first-order chi connectivity index (χ1) is 14.5. The van der Waals surface area contributed by atoms with Crippen LogP contribution in [0.3, 0.4) is 0 Å². The summed E-state index contributed by atoms with van der Waals surface area (Å²) in [6.45, 7) is 2.03. The molecule has 0 bridgehead atoms. The molecule has 3 rings (SSSR count). The first-order valence-electron chi connectivity index (χ1n) is 9.29. The third-order valence-corrected chi connectivity index (χ3v) is 4.40. The highest BCUT2D eigenvalue weighted by Crippen LogP contribution is 2.36. The predicted molar refractivity (Wildman–Crippen MR) is 115 cm³/mol. The average molecular weight is 396 g/mol. The first-order valence-corrected chi connectivity index (χ1v) is 9.29. The summed E-state index contributed by atoms with van der Waals surface area (Å²) >= 11 is 0. The fourth-order valence-electron chi connectivity index (χ4n) is 3.04. The SMILES string of the molecule is CC(=O)Nc1cccc(Oc2cc(C#N)c(C#N)cc2N(C)Cc2ccccc2)c1. The number of anilines is 2. The number of hydrogen-bond donors (Lipinski definition) is 1. The summed E-state index contributed by atoms with van der Waals surface area (Å²) in [6.07, 6.45) is 0. The molecule has 6 nitrogen and oxygen atoms in total. The zero-order valence-electron chi connectivity index (χ0n) is 16.7. The van der Waals surface area contributed by atoms with Crippen molar-refractivity contribution >= 4 is 17.3 Å². The molecule has 0 radical (unpaired) electrons. The van der Waals surface area contributed by atoms with Crippen LogP contribution >= 0.6 is 0 Å². The minimum absolute atomic E-state index is 0.180. The summed E-state index contributed by atoms with van der Waals surface area (Å²) in [5.41, 5.74) is 2.91. The first kappa shape index (κ1) is 20.4. The van der Waals surface area contributed by atoms with Crippen molar-refractivity contribution in [2.24, 2.45) is 0 Å². The normalized spacial score (nSPS) is 9.87. The number of rotatable bonds is 6. The Balaban J connectivity index is 1.99. The van der Waals surface area contributed by atoms with Crippen molar-refractivity contribution in [2.45, 2.75) is 13.5 Å². The van der Waals surface area contributed by atoms with Gasteiger partial charge in [0.1, 0.15) is 17.9 Å². The minimum Gasteiger partial charge on any atom is -0.455 e. The highest BCUT2D eigenvalue weighted by molar-refractivity contribution is 5.88. The standard InChI is InChI=1S/C24H20N4O2/c1-17(29)27-21-9-6-10-22(13-21)30-24-12-20(15-26)19(14-25)11-23(24)28(2)16-18-7-4-3-5-8-18/h3-13H,16H2,1-2H3,(H,27,29). The summed E-state index contributed by atoms with van der Waals surface area (Å²) < 4.78 is 6.08. The number of amides is 1. The molecule has 1 N–H and O–H groups in total. The van der Waals surface area contributed by atoms with Crippen molar-refractivity contribution in [2.75, 3.05) is 17.3 Å². The van der Waals surface area contributed by atoms with E-state index >= 15 is 0 Å². The maximum absolute atomic E-state index is 11.3. The van der Waals surface area contributed by atoms with E-state index in [1.165, 1.54) is 6.92 Å². The van der Waals surface area contributed by atoms with Gasteiger partial charge in [0, 0.05) is 38.3 Å². The Labute approximate surface area is 175 Å². The maximum atomic E-state index is 11.3. The van der Waals surface area contributed by atoms with Gasteiger partial charge in [-0.15, -0.1) is 0 Å². The topological polar surface area (TPSA) is 89.1 Å². The van der Waals surface area contributed by atoms with E-state index in [2.05, 4.69) is 11.4 Å². The van der Waals surface area contributed by atoms with E-state index in [4.69, 9.17) is 4.74 Å². The van der Waals surface area contributed by atoms with Crippen molar-refractivity contribution in [1.29, 1.82) is 10.5 Å². The lowest BCUT2D eigenvalue weighted by atomic mass is 10.1. The van der Waals surface area contributed by atoms with Crippen molar-refractivity contribution in [3.8, 4) is 23.6 Å². The second-order valence-corrected chi connectivity index (χ2v) is 6.74. The number of nitrogens with zero attached hydrogens (tertiary/aromatic N) is 3. The van der Waals surface area contributed by atoms with Crippen LogP contribution in [-0.2, 0) is 11.3 Å². The molecule has 0 atom stereocenters. The van der Waals surface area contributed by atoms with Gasteiger partial charge < -0.3 is 15.0 Å². The van der Waals surface area contributed by atoms with Crippen molar-refractivity contribution < 1.29 is 9.53 Å². The molecule has 1 amide bonds. The monoisotopic (exact) mass is 396 g/mol. The Kier molecular flexibility index (Phi) is 6.32. The molecule has 148 valence electrons. The molecular formula is C24H20N4O2. The Morgan fingerprint density at radius 1 is 1.00 bits per heavy atom. The maximum Gasteiger partial charge on any atom is 0.221 e. The zero-order valence-corrected chi connectivity index (χ0v) is 16.7. The van der Waals surface area contributed by atoms with Gasteiger partial charge in [0.2, 0.25) is 5.91 Å². The molecule has 3 aromatic carbocycles. The lowest BCUT2D eigenvalue weighted by molar-refractivity contribution is -0.114. The van der Waals surface area contributed by atoms with Gasteiger partial charge in [-0.25, -0.2) is 0 Å². The highest BCUT2D eigenvalue weighted by Gasteiger charge is 2.16. The Morgan fingerprint density at radius 2 is 1.70 bits per heavy atom. The average Bonchev–Trinajstić information content (AvgIpc) is 2.73. The number of hydrogen-bond acceptors (Lipinski definition) is 5. The van der Waals surface area contributed by atoms with Gasteiger partial charge >= 0.3 is 0 Å². The van der Waals surface area contributed by atoms with Crippen LogP contribution in [0, 0.1) is 22.7 Å². The van der Waals surface area contributed by atoms with Crippen molar-refractivity contribution in [3.63, 3.8) is 0 Å². The van der Waals surface area contributed by atoms with E-state index in [9.17, 15) is 15.3 Å². The molecule has 0 saturated carbocycles. The largest absolute Gasteiger partial charge is 0.455 e. The summed E-state index contributed by atoms with van der Waals surface area (Å²) in [7, 11) is 1.90. The molecule has 0 fully saturated rings. The van der Waals surface area contributed by atoms with Gasteiger partial charge in [0.15, 0.2) is 5.75 Å². The van der Waals surface area contributed by atoms with E-state index in [0.29, 0.717) is 29.4 Å². The summed E-state index contributed by atoms with van der Waals surface area (Å²) in [5, 5.41) is 21.6. The Bertz CT molecular complexity index is 1140. The number of nitrogens with one attached hydrogen (secondary N) is 1. The third kappa shape index (κ3) is 4.95. The van der Waals surface area contributed by atoms with Gasteiger partial charge in [0.25, 0.3) is 0 Å². The van der Waals surface area contributed by atoms with Crippen LogP contribution in [0.4, 0.5) is 11.4 Å². The number of nitriles is 2. The number of carbonyl (C=O) groups excluding carboxylic acids is 1. The van der Waals surface area contributed by atoms with Crippen molar-refractivity contribution in [3.05, 3.63) is 83.4 Å². The van der Waals surface area contributed by atoms with Gasteiger partial charge in [-0.05, 0) is 23.8 Å². The van der Waals surface area contributed by atoms with Crippen LogP contribution in [-0.4, -0.2) is 13.0 Å². The lowest BCUT2D eigenvalue weighted by Crippen LogP contribution is -2.17. The lowest BCUT2D eigenvalue weighted by Gasteiger charge is -2.23. The Morgan fingerprint density at radius 3 is 2.37 bits per heavy atom. The molecule has 3 aromatic rings. The fourth-order valence-corrected chi connectivity index (χ4v) is 3.04. The second-order valence-electron chi connectivity index (χ2n) is 6.74. The molecule has 0 aliphatic rings. The van der Waals surface area contributed by atoms with E-state index in [0.717, 1.165) is 5.56 Å². The predicted octanol–water partition coefficient (Wildman–Crippen LogP) is 4.82. The quantitative estimate of drug-likeness (QED) is 0.645. The van der Waals surface area contributed by atoms with Crippen LogP contribution in [0.2, 0.25) is 0 Å². The van der Waals surface area contributed by atoms with Crippen molar-refractivity contribution in [1.82, 2.24) is 0 Å². The Hall–Kier alpha value is -4.29. The molecule has 0 spiro atoms. The number of carbonyl (C=O) groups is 1. The minimum atomic E-state index is -0.180. The van der Waals surface area contributed by atoms with Crippen LogP contribution in [0.25, 0.3) is 0 Å². The molecule has 6 heteroatoms. The number of benzene rings is 3. The fraction of sp³-hybridized carbons (Fsp3) is 0.125. The van der Waals surface area contributed by atoms with Gasteiger partial charge in [-0.3, -0.25) is 4.79 Å². The molecular weight excluding hydrogens is 376 g/mol. The summed E-state index contributed by atoms with van der Waals surface area (Å²) in [4.78, 5) is 13.3. The van der Waals surface area contributed by atoms with Gasteiger partial charge in [0.05, 0.1) is 16.8 Å². The van der Waals surface area contributed by atoms with Crippen LogP contribution < -0.4 is 15.0 Å². The molecule has 30 heavy (non-hydrogen) atoms. The molecule has 0 aromatic heterocycles. The van der Waals surface area contributed by atoms with Crippen LogP contribution in [0.5, 0.6) is 11.5 Å². The number of ether oxygens (including phenoxy) is 1. The molecule has 0 aliphatic carbocycles. The van der Waals surface area contributed by atoms with E-state index in [1.807, 2.05) is 48.3 Å². The summed E-state index contributed by atoms with van der Waals surface area (Å²) in [6, 6.07) is 24.3. The highest BCUT2D eigenvalue weighted by atomic mass is 16.5. The smallest absolute Gasteiger partial charge is 0.221 e. The van der Waals surface area contributed by atoms with E-state index in [1.54, 1.807) is 36.4 Å². The molecule has 0 aliphatic heterocycles. The second kappa shape index (κ2) is 9.27. The third-order valence-electron chi connectivity index (χ3n) is 4.40. The van der Waals surface area contributed by atoms with Crippen LogP contribution in [0.1, 0.15) is 23.6 Å².